The molecule has 1 aromatic rings. The van der Waals surface area contributed by atoms with E-state index in [9.17, 15) is 4.79 Å². The van der Waals surface area contributed by atoms with E-state index < -0.39 is 3.98 Å². The third kappa shape index (κ3) is 3.56. The molecule has 0 spiro atoms. The van der Waals surface area contributed by atoms with Crippen LogP contribution in [0.25, 0.3) is 0 Å². The van der Waals surface area contributed by atoms with Crippen LogP contribution in [-0.2, 0) is 4.79 Å². The maximum Gasteiger partial charge on any atom is 0.338 e. The van der Waals surface area contributed by atoms with Crippen LogP contribution in [0.5, 0.6) is 5.75 Å². The second kappa shape index (κ2) is 4.67. The normalized spacial score (nSPS) is 10.5. The Morgan fingerprint density at radius 3 is 2.50 bits per heavy atom. The number of ether oxygens (including phenoxy) is 1. The molecule has 0 fully saturated rings. The first-order chi connectivity index (χ1) is 6.53. The van der Waals surface area contributed by atoms with Gasteiger partial charge in [0, 0.05) is 0 Å². The maximum atomic E-state index is 10.0. The third-order valence-electron chi connectivity index (χ3n) is 1.26. The number of isocyanates is 1. The minimum atomic E-state index is -1.88. The van der Waals surface area contributed by atoms with Gasteiger partial charge in [-0.1, -0.05) is 12.1 Å². The summed E-state index contributed by atoms with van der Waals surface area (Å²) in [5.74, 6) is 0.204. The number of para-hydroxylation sites is 2. The number of rotatable bonds is 2. The quantitative estimate of drug-likeness (QED) is 0.460. The van der Waals surface area contributed by atoms with Crippen molar-refractivity contribution in [1.82, 2.24) is 0 Å². The van der Waals surface area contributed by atoms with Crippen LogP contribution in [0.3, 0.4) is 0 Å². The molecule has 0 amide bonds. The Morgan fingerprint density at radius 2 is 1.93 bits per heavy atom. The molecule has 0 aromatic heterocycles. The zero-order valence-electron chi connectivity index (χ0n) is 6.71. The van der Waals surface area contributed by atoms with E-state index >= 15 is 0 Å². The molecule has 0 aliphatic rings. The molecule has 0 saturated heterocycles. The fourth-order valence-corrected chi connectivity index (χ4v) is 1.06. The fourth-order valence-electron chi connectivity index (χ4n) is 0.810. The van der Waals surface area contributed by atoms with E-state index in [2.05, 4.69) is 4.99 Å². The molecule has 0 saturated carbocycles. The van der Waals surface area contributed by atoms with Gasteiger partial charge in [0.2, 0.25) is 6.08 Å². The largest absolute Gasteiger partial charge is 0.443 e. The molecule has 1 aromatic carbocycles. The Kier molecular flexibility index (Phi) is 3.78. The van der Waals surface area contributed by atoms with Gasteiger partial charge >= 0.3 is 3.98 Å². The van der Waals surface area contributed by atoms with Crippen LogP contribution in [0, 0.1) is 0 Å². The second-order valence-corrected chi connectivity index (χ2v) is 4.40. The molecule has 0 radical (unpaired) electrons. The summed E-state index contributed by atoms with van der Waals surface area (Å²) in [6.45, 7) is 0. The maximum absolute atomic E-state index is 10.0. The van der Waals surface area contributed by atoms with Crippen molar-refractivity contribution < 1.29 is 9.53 Å². The van der Waals surface area contributed by atoms with E-state index in [0.717, 1.165) is 0 Å². The summed E-state index contributed by atoms with van der Waals surface area (Å²) in [6, 6.07) is 6.39. The lowest BCUT2D eigenvalue weighted by Crippen LogP contribution is -2.12. The molecule has 3 nitrogen and oxygen atoms in total. The van der Waals surface area contributed by atoms with Gasteiger partial charge in [-0.3, -0.25) is 0 Å². The van der Waals surface area contributed by atoms with Crippen molar-refractivity contribution in [2.75, 3.05) is 0 Å². The van der Waals surface area contributed by atoms with E-state index in [1.165, 1.54) is 18.2 Å². The van der Waals surface area contributed by atoms with Crippen molar-refractivity contribution in [3.05, 3.63) is 24.3 Å². The van der Waals surface area contributed by atoms with Crippen LogP contribution < -0.4 is 4.74 Å². The van der Waals surface area contributed by atoms with E-state index in [-0.39, 0.29) is 11.4 Å². The molecule has 6 heteroatoms. The van der Waals surface area contributed by atoms with Gasteiger partial charge in [0.25, 0.3) is 0 Å². The van der Waals surface area contributed by atoms with Crippen molar-refractivity contribution in [2.24, 2.45) is 4.99 Å². The summed E-state index contributed by atoms with van der Waals surface area (Å²) in [7, 11) is 0. The number of halogens is 3. The highest BCUT2D eigenvalue weighted by atomic mass is 35.6. The summed E-state index contributed by atoms with van der Waals surface area (Å²) in [5.41, 5.74) is 0.258. The van der Waals surface area contributed by atoms with E-state index in [1.807, 2.05) is 0 Å². The summed E-state index contributed by atoms with van der Waals surface area (Å²) in [6.07, 6.45) is 1.38. The molecule has 0 unspecified atom stereocenters. The molecule has 74 valence electrons. The Bertz CT molecular complexity index is 369. The van der Waals surface area contributed by atoms with Gasteiger partial charge in [0.05, 0.1) is 0 Å². The highest BCUT2D eigenvalue weighted by molar-refractivity contribution is 6.66. The summed E-state index contributed by atoms with van der Waals surface area (Å²) in [5, 5.41) is 0. The summed E-state index contributed by atoms with van der Waals surface area (Å²) >= 11 is 16.2. The highest BCUT2D eigenvalue weighted by Gasteiger charge is 2.23. The number of aliphatic imine (C=N–C) groups is 1. The van der Waals surface area contributed by atoms with Crippen molar-refractivity contribution >= 4 is 46.6 Å². The van der Waals surface area contributed by atoms with Crippen molar-refractivity contribution in [2.45, 2.75) is 3.98 Å². The lowest BCUT2D eigenvalue weighted by Gasteiger charge is -2.14. The van der Waals surface area contributed by atoms with E-state index in [4.69, 9.17) is 39.5 Å². The minimum Gasteiger partial charge on any atom is -0.443 e. The molecule has 0 N–H and O–H groups in total. The molecule has 0 atom stereocenters. The first-order valence-corrected chi connectivity index (χ1v) is 4.59. The van der Waals surface area contributed by atoms with E-state index in [0.29, 0.717) is 0 Å². The standard InChI is InChI=1S/C8H4Cl3NO2/c9-8(10,11)14-7-4-2-1-3-6(7)12-5-13/h1-4H. The smallest absolute Gasteiger partial charge is 0.338 e. The van der Waals surface area contributed by atoms with Gasteiger partial charge in [0.1, 0.15) is 5.69 Å². The lowest BCUT2D eigenvalue weighted by atomic mass is 10.3. The number of carbonyl (C=O) groups excluding carboxylic acids is 1. The number of hydrogen-bond donors (Lipinski definition) is 0. The summed E-state index contributed by atoms with van der Waals surface area (Å²) in [4.78, 5) is 13.4. The Balaban J connectivity index is 3.01. The number of alkyl halides is 3. The molecule has 0 aliphatic carbocycles. The first kappa shape index (κ1) is 11.3. The minimum absolute atomic E-state index is 0.204. The highest BCUT2D eigenvalue weighted by Crippen LogP contribution is 2.35. The van der Waals surface area contributed by atoms with Crippen LogP contribution in [0.1, 0.15) is 0 Å². The lowest BCUT2D eigenvalue weighted by molar-refractivity contribution is 0.321. The van der Waals surface area contributed by atoms with Crippen LogP contribution in [-0.4, -0.2) is 10.1 Å². The Labute approximate surface area is 95.2 Å². The van der Waals surface area contributed by atoms with Crippen LogP contribution in [0.15, 0.2) is 29.3 Å². The second-order valence-electron chi connectivity index (χ2n) is 2.22. The van der Waals surface area contributed by atoms with Gasteiger partial charge in [-0.15, -0.1) is 0 Å². The third-order valence-corrected chi connectivity index (χ3v) is 1.49. The van der Waals surface area contributed by atoms with Crippen LogP contribution >= 0.6 is 34.8 Å². The first-order valence-electron chi connectivity index (χ1n) is 3.45. The predicted octanol–water partition coefficient (Wildman–Crippen LogP) is 3.36. The van der Waals surface area contributed by atoms with Gasteiger partial charge in [-0.25, -0.2) is 4.79 Å². The number of benzene rings is 1. The monoisotopic (exact) mass is 251 g/mol. The van der Waals surface area contributed by atoms with E-state index in [1.54, 1.807) is 12.1 Å². The van der Waals surface area contributed by atoms with Gasteiger partial charge in [0.15, 0.2) is 5.75 Å². The molecular formula is C8H4Cl3NO2. The number of nitrogens with zero attached hydrogens (tertiary/aromatic N) is 1. The predicted molar refractivity (Wildman–Crippen MR) is 55.1 cm³/mol. The van der Waals surface area contributed by atoms with Crippen molar-refractivity contribution in [3.63, 3.8) is 0 Å². The molecule has 14 heavy (non-hydrogen) atoms. The van der Waals surface area contributed by atoms with Crippen LogP contribution in [0.4, 0.5) is 5.69 Å². The average Bonchev–Trinajstić information content (AvgIpc) is 2.06. The van der Waals surface area contributed by atoms with Crippen molar-refractivity contribution in [3.8, 4) is 5.75 Å². The fraction of sp³-hybridized carbons (Fsp3) is 0.125. The zero-order valence-corrected chi connectivity index (χ0v) is 8.97. The van der Waals surface area contributed by atoms with Crippen molar-refractivity contribution in [1.29, 1.82) is 0 Å². The van der Waals surface area contributed by atoms with Crippen LogP contribution in [0.2, 0.25) is 0 Å². The topological polar surface area (TPSA) is 38.7 Å². The van der Waals surface area contributed by atoms with Gasteiger partial charge in [-0.05, 0) is 46.9 Å². The molecule has 0 aliphatic heterocycles. The van der Waals surface area contributed by atoms with Gasteiger partial charge < -0.3 is 4.74 Å². The molecule has 0 bridgehead atoms. The SMILES string of the molecule is O=C=Nc1ccccc1OC(Cl)(Cl)Cl. The Morgan fingerprint density at radius 1 is 1.29 bits per heavy atom. The molecule has 0 heterocycles. The average molecular weight is 252 g/mol. The van der Waals surface area contributed by atoms with Gasteiger partial charge in [-0.2, -0.15) is 4.99 Å². The number of hydrogen-bond acceptors (Lipinski definition) is 3. The Hall–Kier alpha value is -0.730. The zero-order chi connectivity index (χ0) is 10.6. The summed E-state index contributed by atoms with van der Waals surface area (Å²) < 4.78 is 3.03. The molecule has 1 rings (SSSR count). The molecular weight excluding hydrogens is 248 g/mol.